The normalized spacial score (nSPS) is 11.6. The van der Waals surface area contributed by atoms with Crippen LogP contribution in [0.4, 0.5) is 5.69 Å². The number of carbonyl (C=O) groups is 2. The number of rotatable bonds is 6. The Balaban J connectivity index is 1.84. The molecule has 0 fully saturated rings. The number of nitrogens with zero attached hydrogens (tertiary/aromatic N) is 2. The van der Waals surface area contributed by atoms with Gasteiger partial charge in [-0.15, -0.1) is 0 Å². The van der Waals surface area contributed by atoms with Crippen LogP contribution in [0.25, 0.3) is 0 Å². The van der Waals surface area contributed by atoms with Crippen molar-refractivity contribution in [1.82, 2.24) is 9.97 Å². The van der Waals surface area contributed by atoms with Gasteiger partial charge in [-0.25, -0.2) is 9.78 Å². The Bertz CT molecular complexity index is 657. The van der Waals surface area contributed by atoms with Gasteiger partial charge in [0.1, 0.15) is 0 Å². The van der Waals surface area contributed by atoms with E-state index in [4.69, 9.17) is 4.74 Å². The third kappa shape index (κ3) is 4.88. The molecular weight excluding hydrogens is 294 g/mol. The second-order valence-corrected chi connectivity index (χ2v) is 5.15. The van der Waals surface area contributed by atoms with Crippen LogP contribution < -0.4 is 5.32 Å². The van der Waals surface area contributed by atoms with E-state index in [0.29, 0.717) is 11.6 Å². The Morgan fingerprint density at radius 3 is 2.57 bits per heavy atom. The van der Waals surface area contributed by atoms with Gasteiger partial charge in [-0.05, 0) is 30.0 Å². The molecule has 0 aliphatic rings. The molecular formula is C17H19N3O3. The largest absolute Gasteiger partial charge is 0.451 e. The SMILES string of the molecule is CCC(C)c1ccc(NC(=O)COC(=O)c2cnccn2)cc1. The van der Waals surface area contributed by atoms with Crippen LogP contribution in [-0.2, 0) is 9.53 Å². The van der Waals surface area contributed by atoms with E-state index in [9.17, 15) is 9.59 Å². The summed E-state index contributed by atoms with van der Waals surface area (Å²) in [5.74, 6) is -0.605. The topological polar surface area (TPSA) is 81.2 Å². The molecule has 0 saturated heterocycles. The molecule has 1 heterocycles. The molecule has 1 aromatic heterocycles. The maximum atomic E-state index is 11.8. The lowest BCUT2D eigenvalue weighted by molar-refractivity contribution is -0.119. The van der Waals surface area contributed by atoms with Gasteiger partial charge in [-0.1, -0.05) is 26.0 Å². The Hall–Kier alpha value is -2.76. The minimum atomic E-state index is -0.680. The molecule has 0 spiro atoms. The summed E-state index contributed by atoms with van der Waals surface area (Å²) in [4.78, 5) is 31.0. The molecule has 2 rings (SSSR count). The fourth-order valence-electron chi connectivity index (χ4n) is 1.94. The minimum Gasteiger partial charge on any atom is -0.451 e. The summed E-state index contributed by atoms with van der Waals surface area (Å²) in [6.45, 7) is 3.91. The van der Waals surface area contributed by atoms with Gasteiger partial charge in [0.25, 0.3) is 5.91 Å². The van der Waals surface area contributed by atoms with E-state index < -0.39 is 11.9 Å². The first-order valence-electron chi connectivity index (χ1n) is 7.43. The highest BCUT2D eigenvalue weighted by atomic mass is 16.5. The monoisotopic (exact) mass is 313 g/mol. The minimum absolute atomic E-state index is 0.0678. The molecule has 1 unspecified atom stereocenters. The van der Waals surface area contributed by atoms with Crippen LogP contribution in [0.3, 0.4) is 0 Å². The lowest BCUT2D eigenvalue weighted by atomic mass is 9.99. The summed E-state index contributed by atoms with van der Waals surface area (Å²) in [5, 5.41) is 2.68. The Labute approximate surface area is 134 Å². The van der Waals surface area contributed by atoms with Gasteiger partial charge in [0.15, 0.2) is 12.3 Å². The molecule has 120 valence electrons. The summed E-state index contributed by atoms with van der Waals surface area (Å²) >= 11 is 0. The lowest BCUT2D eigenvalue weighted by Crippen LogP contribution is -2.21. The van der Waals surface area contributed by atoms with E-state index in [-0.39, 0.29) is 12.3 Å². The van der Waals surface area contributed by atoms with Gasteiger partial charge < -0.3 is 10.1 Å². The van der Waals surface area contributed by atoms with Crippen molar-refractivity contribution in [3.63, 3.8) is 0 Å². The van der Waals surface area contributed by atoms with Crippen LogP contribution in [0, 0.1) is 0 Å². The number of amides is 1. The Morgan fingerprint density at radius 2 is 1.96 bits per heavy atom. The molecule has 1 amide bonds. The fraction of sp³-hybridized carbons (Fsp3) is 0.294. The molecule has 0 aliphatic carbocycles. The number of benzene rings is 1. The van der Waals surface area contributed by atoms with Crippen LogP contribution in [0.15, 0.2) is 42.9 Å². The molecule has 0 bridgehead atoms. The van der Waals surface area contributed by atoms with E-state index in [2.05, 4.69) is 29.1 Å². The molecule has 0 saturated carbocycles. The maximum absolute atomic E-state index is 11.8. The van der Waals surface area contributed by atoms with E-state index in [1.165, 1.54) is 24.2 Å². The van der Waals surface area contributed by atoms with Crippen molar-refractivity contribution in [3.05, 3.63) is 54.1 Å². The standard InChI is InChI=1S/C17H19N3O3/c1-3-12(2)13-4-6-14(7-5-13)20-16(21)11-23-17(22)15-10-18-8-9-19-15/h4-10,12H,3,11H2,1-2H3,(H,20,21). The number of nitrogens with one attached hydrogen (secondary N) is 1. The second-order valence-electron chi connectivity index (χ2n) is 5.15. The Morgan fingerprint density at radius 1 is 1.22 bits per heavy atom. The van der Waals surface area contributed by atoms with Crippen molar-refractivity contribution in [1.29, 1.82) is 0 Å². The highest BCUT2D eigenvalue weighted by molar-refractivity contribution is 5.94. The van der Waals surface area contributed by atoms with Crippen molar-refractivity contribution in [3.8, 4) is 0 Å². The van der Waals surface area contributed by atoms with Crippen LogP contribution in [0.1, 0.15) is 42.2 Å². The molecule has 1 aromatic carbocycles. The summed E-state index contributed by atoms with van der Waals surface area (Å²) in [5.41, 5.74) is 1.95. The highest BCUT2D eigenvalue weighted by Gasteiger charge is 2.11. The second kappa shape index (κ2) is 8.03. The number of hydrogen-bond acceptors (Lipinski definition) is 5. The number of hydrogen-bond donors (Lipinski definition) is 1. The number of carbonyl (C=O) groups excluding carboxylic acids is 2. The van der Waals surface area contributed by atoms with E-state index in [0.717, 1.165) is 6.42 Å². The molecule has 6 heteroatoms. The highest BCUT2D eigenvalue weighted by Crippen LogP contribution is 2.20. The fourth-order valence-corrected chi connectivity index (χ4v) is 1.94. The van der Waals surface area contributed by atoms with Crippen LogP contribution in [0.2, 0.25) is 0 Å². The predicted octanol–water partition coefficient (Wildman–Crippen LogP) is 2.79. The number of esters is 1. The molecule has 6 nitrogen and oxygen atoms in total. The van der Waals surface area contributed by atoms with Gasteiger partial charge in [0.2, 0.25) is 0 Å². The van der Waals surface area contributed by atoms with E-state index in [1.54, 1.807) is 0 Å². The van der Waals surface area contributed by atoms with Gasteiger partial charge in [0.05, 0.1) is 6.20 Å². The molecule has 2 aromatic rings. The summed E-state index contributed by atoms with van der Waals surface area (Å²) in [6, 6.07) is 7.64. The first kappa shape index (κ1) is 16.6. The zero-order valence-electron chi connectivity index (χ0n) is 13.2. The molecule has 23 heavy (non-hydrogen) atoms. The van der Waals surface area contributed by atoms with Crippen molar-refractivity contribution in [2.24, 2.45) is 0 Å². The Kier molecular flexibility index (Phi) is 5.80. The van der Waals surface area contributed by atoms with Crippen LogP contribution in [-0.4, -0.2) is 28.5 Å². The first-order chi connectivity index (χ1) is 11.1. The quantitative estimate of drug-likeness (QED) is 0.829. The zero-order chi connectivity index (χ0) is 16.7. The van der Waals surface area contributed by atoms with Crippen molar-refractivity contribution >= 4 is 17.6 Å². The van der Waals surface area contributed by atoms with Gasteiger partial charge in [0, 0.05) is 18.1 Å². The molecule has 0 radical (unpaired) electrons. The smallest absolute Gasteiger partial charge is 0.359 e. The number of aromatic nitrogens is 2. The van der Waals surface area contributed by atoms with Crippen molar-refractivity contribution < 1.29 is 14.3 Å². The van der Waals surface area contributed by atoms with Gasteiger partial charge in [-0.2, -0.15) is 0 Å². The molecule has 1 atom stereocenters. The summed E-state index contributed by atoms with van der Waals surface area (Å²) in [6.07, 6.45) is 5.18. The van der Waals surface area contributed by atoms with Crippen LogP contribution >= 0.6 is 0 Å². The zero-order valence-corrected chi connectivity index (χ0v) is 13.2. The third-order valence-corrected chi connectivity index (χ3v) is 3.48. The summed E-state index contributed by atoms with van der Waals surface area (Å²) in [7, 11) is 0. The summed E-state index contributed by atoms with van der Waals surface area (Å²) < 4.78 is 4.89. The third-order valence-electron chi connectivity index (χ3n) is 3.48. The van der Waals surface area contributed by atoms with Crippen molar-refractivity contribution in [2.45, 2.75) is 26.2 Å². The molecule has 0 aliphatic heterocycles. The lowest BCUT2D eigenvalue weighted by Gasteiger charge is -2.10. The van der Waals surface area contributed by atoms with E-state index in [1.807, 2.05) is 24.3 Å². The predicted molar refractivity (Wildman–Crippen MR) is 86.1 cm³/mol. The maximum Gasteiger partial charge on any atom is 0.359 e. The first-order valence-corrected chi connectivity index (χ1v) is 7.43. The molecule has 1 N–H and O–H groups in total. The van der Waals surface area contributed by atoms with Gasteiger partial charge in [-0.3, -0.25) is 9.78 Å². The number of ether oxygens (including phenoxy) is 1. The van der Waals surface area contributed by atoms with E-state index >= 15 is 0 Å². The average Bonchev–Trinajstić information content (AvgIpc) is 2.60. The number of anilines is 1. The average molecular weight is 313 g/mol. The van der Waals surface area contributed by atoms with Crippen LogP contribution in [0.5, 0.6) is 0 Å². The van der Waals surface area contributed by atoms with Gasteiger partial charge >= 0.3 is 5.97 Å². The van der Waals surface area contributed by atoms with Crippen molar-refractivity contribution in [2.75, 3.05) is 11.9 Å².